The summed E-state index contributed by atoms with van der Waals surface area (Å²) in [5, 5.41) is 0.683. The van der Waals surface area contributed by atoms with Crippen LogP contribution in [-0.4, -0.2) is 8.42 Å². The van der Waals surface area contributed by atoms with E-state index in [1.54, 1.807) is 30.3 Å². The lowest BCUT2D eigenvalue weighted by Crippen LogP contribution is -2.15. The maximum absolute atomic E-state index is 12.1. The molecule has 0 amide bonds. The Morgan fingerprint density at radius 2 is 1.85 bits per heavy atom. The molecule has 20 heavy (non-hydrogen) atoms. The van der Waals surface area contributed by atoms with Gasteiger partial charge in [-0.05, 0) is 35.9 Å². The fraction of sp³-hybridized carbons (Fsp3) is 0.0769. The lowest BCUT2D eigenvalue weighted by Gasteiger charge is -2.10. The predicted molar refractivity (Wildman–Crippen MR) is 83.6 cm³/mol. The Hall–Kier alpha value is -1.43. The summed E-state index contributed by atoms with van der Waals surface area (Å²) in [5.74, 6) is -0.184. The van der Waals surface area contributed by atoms with E-state index in [1.807, 2.05) is 0 Å². The van der Waals surface area contributed by atoms with Gasteiger partial charge < -0.3 is 5.73 Å². The van der Waals surface area contributed by atoms with Gasteiger partial charge in [0.15, 0.2) is 0 Å². The van der Waals surface area contributed by atoms with Crippen LogP contribution in [0.4, 0.5) is 11.4 Å². The highest BCUT2D eigenvalue weighted by molar-refractivity contribution is 7.91. The summed E-state index contributed by atoms with van der Waals surface area (Å²) in [6.07, 6.45) is 0. The lowest BCUT2D eigenvalue weighted by atomic mass is 10.2. The maximum atomic E-state index is 12.1. The van der Waals surface area contributed by atoms with E-state index in [1.165, 1.54) is 12.1 Å². The summed E-state index contributed by atoms with van der Waals surface area (Å²) in [5.41, 5.74) is 7.03. The van der Waals surface area contributed by atoms with E-state index in [-0.39, 0.29) is 10.8 Å². The topological polar surface area (TPSA) is 72.2 Å². The van der Waals surface area contributed by atoms with Crippen LogP contribution < -0.4 is 10.5 Å². The number of nitrogens with one attached hydrogen (secondary N) is 1. The van der Waals surface area contributed by atoms with Crippen molar-refractivity contribution < 1.29 is 8.42 Å². The van der Waals surface area contributed by atoms with Gasteiger partial charge in [0.25, 0.3) is 0 Å². The largest absolute Gasteiger partial charge is 0.399 e. The van der Waals surface area contributed by atoms with Gasteiger partial charge in [-0.1, -0.05) is 35.3 Å². The molecule has 106 valence electrons. The molecule has 4 nitrogen and oxygen atoms in total. The minimum absolute atomic E-state index is 0.184. The summed E-state index contributed by atoms with van der Waals surface area (Å²) >= 11 is 11.7. The van der Waals surface area contributed by atoms with Gasteiger partial charge in [0.05, 0.1) is 16.5 Å². The first-order valence-corrected chi connectivity index (χ1v) is 8.06. The Morgan fingerprint density at radius 1 is 1.10 bits per heavy atom. The predicted octanol–water partition coefficient (Wildman–Crippen LogP) is 3.52. The number of sulfonamides is 1. The van der Waals surface area contributed by atoms with Crippen LogP contribution in [0.5, 0.6) is 0 Å². The van der Waals surface area contributed by atoms with E-state index in [4.69, 9.17) is 28.9 Å². The normalized spacial score (nSPS) is 11.3. The molecule has 0 radical (unpaired) electrons. The zero-order valence-electron chi connectivity index (χ0n) is 10.3. The van der Waals surface area contributed by atoms with Gasteiger partial charge in [-0.2, -0.15) is 0 Å². The molecule has 0 aliphatic carbocycles. The molecular weight excluding hydrogens is 319 g/mol. The van der Waals surface area contributed by atoms with E-state index in [0.29, 0.717) is 22.0 Å². The second-order valence-electron chi connectivity index (χ2n) is 4.23. The second kappa shape index (κ2) is 5.91. The molecule has 0 unspecified atom stereocenters. The third-order valence-corrected chi connectivity index (χ3v) is 4.30. The van der Waals surface area contributed by atoms with Gasteiger partial charge in [0.2, 0.25) is 10.0 Å². The van der Waals surface area contributed by atoms with Crippen LogP contribution in [0.2, 0.25) is 10.0 Å². The molecule has 0 saturated heterocycles. The van der Waals surface area contributed by atoms with Gasteiger partial charge in [-0.3, -0.25) is 4.72 Å². The van der Waals surface area contributed by atoms with Gasteiger partial charge in [0, 0.05) is 10.7 Å². The van der Waals surface area contributed by atoms with Crippen LogP contribution in [0.1, 0.15) is 5.56 Å². The Labute approximate surface area is 127 Å². The summed E-state index contributed by atoms with van der Waals surface area (Å²) in [7, 11) is -3.57. The first-order valence-electron chi connectivity index (χ1n) is 5.66. The summed E-state index contributed by atoms with van der Waals surface area (Å²) in [6.45, 7) is 0. The lowest BCUT2D eigenvalue weighted by molar-refractivity contribution is 0.600. The van der Waals surface area contributed by atoms with Crippen LogP contribution in [0.15, 0.2) is 42.5 Å². The number of rotatable bonds is 4. The van der Waals surface area contributed by atoms with Gasteiger partial charge >= 0.3 is 0 Å². The van der Waals surface area contributed by atoms with Crippen LogP contribution in [0, 0.1) is 0 Å². The highest BCUT2D eigenvalue weighted by Gasteiger charge is 2.14. The molecule has 0 saturated carbocycles. The molecule has 7 heteroatoms. The molecule has 0 heterocycles. The first-order chi connectivity index (χ1) is 9.35. The zero-order valence-corrected chi connectivity index (χ0v) is 12.6. The summed E-state index contributed by atoms with van der Waals surface area (Å²) in [6, 6.07) is 11.3. The van der Waals surface area contributed by atoms with Crippen molar-refractivity contribution in [2.24, 2.45) is 0 Å². The van der Waals surface area contributed by atoms with Crippen LogP contribution in [0.3, 0.4) is 0 Å². The fourth-order valence-electron chi connectivity index (χ4n) is 1.68. The van der Waals surface area contributed by atoms with Crippen molar-refractivity contribution in [3.8, 4) is 0 Å². The molecule has 0 fully saturated rings. The summed E-state index contributed by atoms with van der Waals surface area (Å²) in [4.78, 5) is 0. The standard InChI is InChI=1S/C13H12Cl2N2O2S/c14-10-4-5-13(12(15)7-10)17-20(18,19)8-9-2-1-3-11(16)6-9/h1-7,17H,8,16H2. The quantitative estimate of drug-likeness (QED) is 0.842. The van der Waals surface area contributed by atoms with Gasteiger partial charge in [0.1, 0.15) is 0 Å². The molecule has 3 N–H and O–H groups in total. The van der Waals surface area contributed by atoms with Gasteiger partial charge in [-0.15, -0.1) is 0 Å². The van der Waals surface area contributed by atoms with Crippen molar-refractivity contribution in [2.75, 3.05) is 10.5 Å². The first kappa shape index (κ1) is 15.0. The Kier molecular flexibility index (Phi) is 4.42. The smallest absolute Gasteiger partial charge is 0.236 e. The number of anilines is 2. The Morgan fingerprint density at radius 3 is 2.50 bits per heavy atom. The van der Waals surface area contributed by atoms with E-state index < -0.39 is 10.0 Å². The van der Waals surface area contributed by atoms with Crippen LogP contribution >= 0.6 is 23.2 Å². The highest BCUT2D eigenvalue weighted by atomic mass is 35.5. The molecule has 0 atom stereocenters. The molecular formula is C13H12Cl2N2O2S. The molecule has 0 aliphatic heterocycles. The van der Waals surface area contributed by atoms with Crippen molar-refractivity contribution in [1.82, 2.24) is 0 Å². The Bertz CT molecular complexity index is 733. The number of hydrogen-bond acceptors (Lipinski definition) is 3. The van der Waals surface area contributed by atoms with Crippen molar-refractivity contribution in [3.05, 3.63) is 58.1 Å². The maximum Gasteiger partial charge on any atom is 0.236 e. The molecule has 2 rings (SSSR count). The van der Waals surface area contributed by atoms with E-state index in [0.717, 1.165) is 0 Å². The zero-order chi connectivity index (χ0) is 14.8. The fourth-order valence-corrected chi connectivity index (χ4v) is 3.39. The monoisotopic (exact) mass is 330 g/mol. The second-order valence-corrected chi connectivity index (χ2v) is 6.80. The third-order valence-electron chi connectivity index (χ3n) is 2.50. The van der Waals surface area contributed by atoms with Crippen LogP contribution in [0.25, 0.3) is 0 Å². The highest BCUT2D eigenvalue weighted by Crippen LogP contribution is 2.26. The average molecular weight is 331 g/mol. The summed E-state index contributed by atoms with van der Waals surface area (Å²) < 4.78 is 26.6. The van der Waals surface area contributed by atoms with Crippen LogP contribution in [-0.2, 0) is 15.8 Å². The van der Waals surface area contributed by atoms with Crippen molar-refractivity contribution >= 4 is 44.6 Å². The minimum Gasteiger partial charge on any atom is -0.399 e. The molecule has 0 aliphatic rings. The number of benzene rings is 2. The van der Waals surface area contributed by atoms with Gasteiger partial charge in [-0.25, -0.2) is 8.42 Å². The molecule has 0 spiro atoms. The number of nitrogens with two attached hydrogens (primary N) is 1. The SMILES string of the molecule is Nc1cccc(CS(=O)(=O)Nc2ccc(Cl)cc2Cl)c1. The molecule has 2 aromatic carbocycles. The average Bonchev–Trinajstić information content (AvgIpc) is 2.32. The molecule has 0 bridgehead atoms. The van der Waals surface area contributed by atoms with E-state index in [9.17, 15) is 8.42 Å². The van der Waals surface area contributed by atoms with E-state index >= 15 is 0 Å². The van der Waals surface area contributed by atoms with E-state index in [2.05, 4.69) is 4.72 Å². The minimum atomic E-state index is -3.57. The van der Waals surface area contributed by atoms with Crippen molar-refractivity contribution in [2.45, 2.75) is 5.75 Å². The number of nitrogen functional groups attached to an aromatic ring is 1. The van der Waals surface area contributed by atoms with Crippen molar-refractivity contribution in [1.29, 1.82) is 0 Å². The number of hydrogen-bond donors (Lipinski definition) is 2. The molecule has 0 aromatic heterocycles. The number of halogens is 2. The van der Waals surface area contributed by atoms with Crippen molar-refractivity contribution in [3.63, 3.8) is 0 Å². The Balaban J connectivity index is 2.19. The third kappa shape index (κ3) is 4.03. The molecule has 2 aromatic rings.